The lowest BCUT2D eigenvalue weighted by atomic mass is 9.93. The molecular formula is C12H19N3. The molecule has 15 heavy (non-hydrogen) atoms. The largest absolute Gasteiger partial charge is 0.309 e. The fourth-order valence-corrected chi connectivity index (χ4v) is 3.00. The number of nitrogens with one attached hydrogen (secondary N) is 1. The van der Waals surface area contributed by atoms with Gasteiger partial charge < -0.3 is 5.32 Å². The molecule has 3 nitrogen and oxygen atoms in total. The molecule has 82 valence electrons. The summed E-state index contributed by atoms with van der Waals surface area (Å²) in [5.41, 5.74) is 4.40. The maximum atomic E-state index is 4.73. The third-order valence-corrected chi connectivity index (χ3v) is 3.79. The lowest BCUT2D eigenvalue weighted by Crippen LogP contribution is -2.15. The molecule has 0 aromatic carbocycles. The van der Waals surface area contributed by atoms with Crippen LogP contribution in [0.2, 0.25) is 0 Å². The molecule has 2 aliphatic rings. The lowest BCUT2D eigenvalue weighted by molar-refractivity contribution is 0.601. The van der Waals surface area contributed by atoms with Gasteiger partial charge in [0.05, 0.1) is 11.7 Å². The normalized spacial score (nSPS) is 25.5. The van der Waals surface area contributed by atoms with Crippen LogP contribution in [0.25, 0.3) is 0 Å². The topological polar surface area (TPSA) is 29.9 Å². The standard InChI is InChI=1S/C12H19N3/c1-15-11-7-3-2-5-9(11)12(14-15)10-6-4-8-13-10/h10,13H,2-8H2,1H3. The quantitative estimate of drug-likeness (QED) is 0.756. The fourth-order valence-electron chi connectivity index (χ4n) is 3.00. The number of fused-ring (bicyclic) bond motifs is 1. The minimum absolute atomic E-state index is 0.540. The second-order valence-corrected chi connectivity index (χ2v) is 4.79. The van der Waals surface area contributed by atoms with Crippen LogP contribution in [0.5, 0.6) is 0 Å². The third-order valence-electron chi connectivity index (χ3n) is 3.79. The van der Waals surface area contributed by atoms with Crippen molar-refractivity contribution in [1.82, 2.24) is 15.1 Å². The molecule has 0 spiro atoms. The number of nitrogens with zero attached hydrogens (tertiary/aromatic N) is 2. The number of aryl methyl sites for hydroxylation is 1. The highest BCUT2D eigenvalue weighted by Crippen LogP contribution is 2.31. The maximum Gasteiger partial charge on any atom is 0.0828 e. The highest BCUT2D eigenvalue weighted by Gasteiger charge is 2.26. The van der Waals surface area contributed by atoms with Gasteiger partial charge >= 0.3 is 0 Å². The van der Waals surface area contributed by atoms with E-state index < -0.39 is 0 Å². The maximum absolute atomic E-state index is 4.73. The summed E-state index contributed by atoms with van der Waals surface area (Å²) in [6.07, 6.45) is 7.73. The molecule has 2 heterocycles. The SMILES string of the molecule is Cn1nc(C2CCCN2)c2c1CCCC2. The van der Waals surface area contributed by atoms with E-state index in [0.717, 1.165) is 6.54 Å². The van der Waals surface area contributed by atoms with Crippen molar-refractivity contribution in [3.05, 3.63) is 17.0 Å². The number of rotatable bonds is 1. The minimum atomic E-state index is 0.540. The molecule has 1 N–H and O–H groups in total. The summed E-state index contributed by atoms with van der Waals surface area (Å²) >= 11 is 0. The summed E-state index contributed by atoms with van der Waals surface area (Å²) in [6, 6.07) is 0.540. The number of hydrogen-bond acceptors (Lipinski definition) is 2. The molecule has 1 aromatic rings. The van der Waals surface area contributed by atoms with Crippen molar-refractivity contribution >= 4 is 0 Å². The smallest absolute Gasteiger partial charge is 0.0828 e. The molecule has 0 bridgehead atoms. The predicted molar refractivity (Wildman–Crippen MR) is 59.8 cm³/mol. The van der Waals surface area contributed by atoms with Crippen molar-refractivity contribution in [2.75, 3.05) is 6.54 Å². The number of aromatic nitrogens is 2. The molecule has 1 atom stereocenters. The van der Waals surface area contributed by atoms with E-state index >= 15 is 0 Å². The van der Waals surface area contributed by atoms with Crippen LogP contribution in [0.4, 0.5) is 0 Å². The Morgan fingerprint density at radius 2 is 2.13 bits per heavy atom. The highest BCUT2D eigenvalue weighted by molar-refractivity contribution is 5.31. The summed E-state index contributed by atoms with van der Waals surface area (Å²) in [7, 11) is 2.10. The van der Waals surface area contributed by atoms with Crippen LogP contribution in [0.3, 0.4) is 0 Å². The van der Waals surface area contributed by atoms with Crippen LogP contribution in [-0.2, 0) is 19.9 Å². The Labute approximate surface area is 90.9 Å². The van der Waals surface area contributed by atoms with Crippen molar-refractivity contribution in [1.29, 1.82) is 0 Å². The Morgan fingerprint density at radius 3 is 2.93 bits per heavy atom. The van der Waals surface area contributed by atoms with Crippen molar-refractivity contribution in [2.45, 2.75) is 44.6 Å². The fraction of sp³-hybridized carbons (Fsp3) is 0.750. The lowest BCUT2D eigenvalue weighted by Gasteiger charge is -2.14. The van der Waals surface area contributed by atoms with E-state index in [0.29, 0.717) is 6.04 Å². The van der Waals surface area contributed by atoms with Crippen LogP contribution in [0.1, 0.15) is 48.7 Å². The summed E-state index contributed by atoms with van der Waals surface area (Å²) in [5.74, 6) is 0. The molecule has 3 heteroatoms. The van der Waals surface area contributed by atoms with Crippen molar-refractivity contribution in [3.63, 3.8) is 0 Å². The van der Waals surface area contributed by atoms with Crippen molar-refractivity contribution in [3.8, 4) is 0 Å². The van der Waals surface area contributed by atoms with Crippen LogP contribution < -0.4 is 5.32 Å². The molecule has 0 amide bonds. The first-order valence-corrected chi connectivity index (χ1v) is 6.14. The average Bonchev–Trinajstić information content (AvgIpc) is 2.87. The Kier molecular flexibility index (Phi) is 2.28. The summed E-state index contributed by atoms with van der Waals surface area (Å²) in [6.45, 7) is 1.16. The molecule has 0 radical (unpaired) electrons. The van der Waals surface area contributed by atoms with Gasteiger partial charge in [-0.05, 0) is 50.6 Å². The third kappa shape index (κ3) is 1.49. The second kappa shape index (κ2) is 3.63. The van der Waals surface area contributed by atoms with E-state index in [1.54, 1.807) is 5.56 Å². The van der Waals surface area contributed by atoms with E-state index in [1.807, 2.05) is 0 Å². The van der Waals surface area contributed by atoms with E-state index in [-0.39, 0.29) is 0 Å². The van der Waals surface area contributed by atoms with Crippen molar-refractivity contribution < 1.29 is 0 Å². The van der Waals surface area contributed by atoms with Gasteiger partial charge in [-0.25, -0.2) is 0 Å². The molecule has 1 aliphatic heterocycles. The first kappa shape index (κ1) is 9.40. The summed E-state index contributed by atoms with van der Waals surface area (Å²) in [4.78, 5) is 0. The van der Waals surface area contributed by atoms with Gasteiger partial charge in [-0.1, -0.05) is 0 Å². The highest BCUT2D eigenvalue weighted by atomic mass is 15.3. The molecule has 1 aliphatic carbocycles. The molecule has 1 saturated heterocycles. The van der Waals surface area contributed by atoms with Gasteiger partial charge in [0, 0.05) is 12.7 Å². The zero-order chi connectivity index (χ0) is 10.3. The molecule has 1 fully saturated rings. The predicted octanol–water partition coefficient (Wildman–Crippen LogP) is 1.72. The van der Waals surface area contributed by atoms with Gasteiger partial charge in [0.2, 0.25) is 0 Å². The van der Waals surface area contributed by atoms with E-state index in [9.17, 15) is 0 Å². The van der Waals surface area contributed by atoms with Crippen LogP contribution in [-0.4, -0.2) is 16.3 Å². The zero-order valence-electron chi connectivity index (χ0n) is 9.42. The average molecular weight is 205 g/mol. The van der Waals surface area contributed by atoms with Gasteiger partial charge in [0.1, 0.15) is 0 Å². The van der Waals surface area contributed by atoms with Gasteiger partial charge in [-0.2, -0.15) is 5.10 Å². The van der Waals surface area contributed by atoms with Crippen molar-refractivity contribution in [2.24, 2.45) is 7.05 Å². The van der Waals surface area contributed by atoms with Gasteiger partial charge in [0.25, 0.3) is 0 Å². The Balaban J connectivity index is 1.99. The minimum Gasteiger partial charge on any atom is -0.309 e. The van der Waals surface area contributed by atoms with Crippen LogP contribution in [0.15, 0.2) is 0 Å². The van der Waals surface area contributed by atoms with Gasteiger partial charge in [-0.15, -0.1) is 0 Å². The first-order valence-electron chi connectivity index (χ1n) is 6.14. The van der Waals surface area contributed by atoms with Crippen LogP contribution in [0, 0.1) is 0 Å². The summed E-state index contributed by atoms with van der Waals surface area (Å²) in [5, 5.41) is 8.29. The molecular weight excluding hydrogens is 186 g/mol. The van der Waals surface area contributed by atoms with Gasteiger partial charge in [0.15, 0.2) is 0 Å². The summed E-state index contributed by atoms with van der Waals surface area (Å²) < 4.78 is 2.11. The van der Waals surface area contributed by atoms with Crippen LogP contribution >= 0.6 is 0 Å². The zero-order valence-corrected chi connectivity index (χ0v) is 9.42. The molecule has 1 aromatic heterocycles. The van der Waals surface area contributed by atoms with Gasteiger partial charge in [-0.3, -0.25) is 4.68 Å². The Morgan fingerprint density at radius 1 is 1.27 bits per heavy atom. The Hall–Kier alpha value is -0.830. The molecule has 1 unspecified atom stereocenters. The second-order valence-electron chi connectivity index (χ2n) is 4.79. The Bertz CT molecular complexity index is 361. The molecule has 0 saturated carbocycles. The van der Waals surface area contributed by atoms with E-state index in [2.05, 4.69) is 17.0 Å². The molecule has 3 rings (SSSR count). The van der Waals surface area contributed by atoms with E-state index in [1.165, 1.54) is 49.9 Å². The number of hydrogen-bond donors (Lipinski definition) is 1. The monoisotopic (exact) mass is 205 g/mol. The first-order chi connectivity index (χ1) is 7.36. The van der Waals surface area contributed by atoms with E-state index in [4.69, 9.17) is 5.10 Å².